The predicted molar refractivity (Wildman–Crippen MR) is 196 cm³/mol. The lowest BCUT2D eigenvalue weighted by Gasteiger charge is -2.39. The van der Waals surface area contributed by atoms with E-state index < -0.39 is 23.7 Å². The molecule has 280 valence electrons. The van der Waals surface area contributed by atoms with Crippen LogP contribution in [0.25, 0.3) is 22.4 Å². The van der Waals surface area contributed by atoms with E-state index in [9.17, 15) is 19.2 Å². The molecule has 54 heavy (non-hydrogen) atoms. The van der Waals surface area contributed by atoms with E-state index in [1.807, 2.05) is 24.4 Å². The Kier molecular flexibility index (Phi) is 9.67. The number of benzene rings is 2. The number of fused-ring (bicyclic) bond motifs is 2. The molecule has 2 aromatic carbocycles. The number of amides is 4. The Bertz CT molecular complexity index is 2240. The van der Waals surface area contributed by atoms with Crippen LogP contribution in [0, 0.1) is 11.7 Å². The maximum atomic E-state index is 15.1. The molecule has 3 aliphatic rings. The number of piperidine rings is 1. The molecule has 5 heterocycles. The number of carbonyl (C=O) groups is 4. The predicted octanol–water partition coefficient (Wildman–Crippen LogP) is 2.86. The van der Waals surface area contributed by atoms with Gasteiger partial charge in [0.1, 0.15) is 17.6 Å². The summed E-state index contributed by atoms with van der Waals surface area (Å²) in [6.07, 6.45) is 9.36. The number of piperazine rings is 1. The van der Waals surface area contributed by atoms with E-state index in [2.05, 4.69) is 40.9 Å². The van der Waals surface area contributed by atoms with Crippen LogP contribution in [0.4, 0.5) is 10.1 Å². The quantitative estimate of drug-likeness (QED) is 0.192. The Labute approximate surface area is 309 Å². The summed E-state index contributed by atoms with van der Waals surface area (Å²) in [4.78, 5) is 58.6. The summed E-state index contributed by atoms with van der Waals surface area (Å²) in [5.41, 5.74) is 2.42. The first-order valence-electron chi connectivity index (χ1n) is 18.3. The SMILES string of the molecule is COc1cc2nn(-c3cnc4cccnn34)cc2cc1C(=O)NC1CCC(CN2CCN(c3ccc(C(=O)NC4CCC(=O)NC4=O)c(F)c3)CC2)CC1. The van der Waals surface area contributed by atoms with E-state index in [0.717, 1.165) is 63.8 Å². The van der Waals surface area contributed by atoms with Gasteiger partial charge in [-0.3, -0.25) is 29.4 Å². The van der Waals surface area contributed by atoms with Crippen LogP contribution in [-0.2, 0) is 9.59 Å². The summed E-state index contributed by atoms with van der Waals surface area (Å²) in [7, 11) is 1.55. The summed E-state index contributed by atoms with van der Waals surface area (Å²) < 4.78 is 24.1. The number of aromatic nitrogens is 5. The molecule has 0 bridgehead atoms. The minimum Gasteiger partial charge on any atom is -0.496 e. The van der Waals surface area contributed by atoms with Crippen molar-refractivity contribution in [2.75, 3.05) is 44.7 Å². The van der Waals surface area contributed by atoms with Crippen molar-refractivity contribution in [1.29, 1.82) is 0 Å². The van der Waals surface area contributed by atoms with E-state index in [0.29, 0.717) is 39.9 Å². The third kappa shape index (κ3) is 7.20. The number of hydrogen-bond donors (Lipinski definition) is 3. The van der Waals surface area contributed by atoms with E-state index in [4.69, 9.17) is 4.74 Å². The minimum atomic E-state index is -0.867. The number of nitrogens with zero attached hydrogens (tertiary/aromatic N) is 7. The highest BCUT2D eigenvalue weighted by atomic mass is 19.1. The second kappa shape index (κ2) is 14.9. The molecule has 0 spiro atoms. The summed E-state index contributed by atoms with van der Waals surface area (Å²) in [5.74, 6) is -0.802. The van der Waals surface area contributed by atoms with Crippen molar-refractivity contribution in [3.63, 3.8) is 0 Å². The van der Waals surface area contributed by atoms with Crippen molar-refractivity contribution in [2.45, 2.75) is 50.6 Å². The van der Waals surface area contributed by atoms with E-state index in [1.54, 1.807) is 40.8 Å². The molecule has 1 atom stereocenters. The van der Waals surface area contributed by atoms with Gasteiger partial charge in [0.05, 0.1) is 30.0 Å². The highest BCUT2D eigenvalue weighted by Gasteiger charge is 2.30. The zero-order valence-corrected chi connectivity index (χ0v) is 29.8. The Morgan fingerprint density at radius 2 is 1.76 bits per heavy atom. The topological polar surface area (TPSA) is 168 Å². The Morgan fingerprint density at radius 3 is 2.52 bits per heavy atom. The average Bonchev–Trinajstić information content (AvgIpc) is 3.80. The normalized spacial score (nSPS) is 20.9. The van der Waals surface area contributed by atoms with Crippen molar-refractivity contribution >= 4 is 45.9 Å². The molecule has 3 aromatic heterocycles. The molecular weight excluding hydrogens is 695 g/mol. The van der Waals surface area contributed by atoms with Crippen molar-refractivity contribution < 1.29 is 28.3 Å². The van der Waals surface area contributed by atoms with Crippen LogP contribution in [0.5, 0.6) is 5.75 Å². The number of carbonyl (C=O) groups excluding carboxylic acids is 4. The zero-order valence-electron chi connectivity index (χ0n) is 29.8. The van der Waals surface area contributed by atoms with Crippen LogP contribution in [0.3, 0.4) is 0 Å². The first-order chi connectivity index (χ1) is 26.2. The summed E-state index contributed by atoms with van der Waals surface area (Å²) in [6, 6.07) is 11.0. The number of anilines is 1. The molecule has 3 N–H and O–H groups in total. The summed E-state index contributed by atoms with van der Waals surface area (Å²) in [6.45, 7) is 4.10. The largest absolute Gasteiger partial charge is 0.496 e. The van der Waals surface area contributed by atoms with Gasteiger partial charge in [-0.25, -0.2) is 14.1 Å². The van der Waals surface area contributed by atoms with Crippen molar-refractivity contribution in [3.05, 3.63) is 78.0 Å². The maximum absolute atomic E-state index is 15.1. The fourth-order valence-electron chi connectivity index (χ4n) is 7.75. The fourth-order valence-corrected chi connectivity index (χ4v) is 7.75. The van der Waals surface area contributed by atoms with Crippen LogP contribution in [0.2, 0.25) is 0 Å². The second-order valence-electron chi connectivity index (χ2n) is 14.2. The summed E-state index contributed by atoms with van der Waals surface area (Å²) in [5, 5.41) is 17.8. The molecule has 4 amide bonds. The molecule has 0 radical (unpaired) electrons. The minimum absolute atomic E-state index is 0.0712. The van der Waals surface area contributed by atoms with Crippen LogP contribution < -0.4 is 25.6 Å². The Morgan fingerprint density at radius 1 is 0.963 bits per heavy atom. The maximum Gasteiger partial charge on any atom is 0.255 e. The van der Waals surface area contributed by atoms with Gasteiger partial charge in [0.25, 0.3) is 11.8 Å². The Hall–Kier alpha value is -5.90. The molecule has 2 aliphatic heterocycles. The number of ether oxygens (including phenoxy) is 1. The Balaban J connectivity index is 0.811. The van der Waals surface area contributed by atoms with Gasteiger partial charge in [-0.05, 0) is 74.4 Å². The molecule has 1 saturated carbocycles. The molecule has 1 aliphatic carbocycles. The third-order valence-corrected chi connectivity index (χ3v) is 10.7. The van der Waals surface area contributed by atoms with Crippen LogP contribution in [0.15, 0.2) is 61.1 Å². The molecule has 3 fully saturated rings. The van der Waals surface area contributed by atoms with E-state index >= 15 is 4.39 Å². The highest BCUT2D eigenvalue weighted by molar-refractivity contribution is 6.04. The molecular formula is C38H41FN10O5. The molecule has 2 saturated heterocycles. The van der Waals surface area contributed by atoms with Gasteiger partial charge < -0.3 is 20.3 Å². The molecule has 5 aromatic rings. The fraction of sp³-hybridized carbons (Fsp3) is 0.395. The average molecular weight is 737 g/mol. The second-order valence-corrected chi connectivity index (χ2v) is 14.2. The lowest BCUT2D eigenvalue weighted by Crippen LogP contribution is -2.52. The van der Waals surface area contributed by atoms with Crippen LogP contribution in [-0.4, -0.2) is 105 Å². The number of hydrogen-bond acceptors (Lipinski definition) is 10. The lowest BCUT2D eigenvalue weighted by molar-refractivity contribution is -0.134. The van der Waals surface area contributed by atoms with Crippen molar-refractivity contribution in [3.8, 4) is 11.6 Å². The molecule has 15 nitrogen and oxygen atoms in total. The van der Waals surface area contributed by atoms with Crippen molar-refractivity contribution in [1.82, 2.24) is 45.2 Å². The number of methoxy groups -OCH3 is 1. The smallest absolute Gasteiger partial charge is 0.255 e. The number of nitrogens with one attached hydrogen (secondary N) is 3. The lowest BCUT2D eigenvalue weighted by atomic mass is 9.85. The number of imide groups is 1. The van der Waals surface area contributed by atoms with Gasteiger partial charge in [-0.1, -0.05) is 0 Å². The third-order valence-electron chi connectivity index (χ3n) is 10.7. The van der Waals surface area contributed by atoms with Gasteiger partial charge in [-0.2, -0.15) is 14.7 Å². The molecule has 1 unspecified atom stereocenters. The summed E-state index contributed by atoms with van der Waals surface area (Å²) >= 11 is 0. The number of imidazole rings is 1. The first kappa shape index (κ1) is 35.1. The van der Waals surface area contributed by atoms with Crippen molar-refractivity contribution in [2.24, 2.45) is 5.92 Å². The van der Waals surface area contributed by atoms with Gasteiger partial charge in [0, 0.05) is 74.7 Å². The van der Waals surface area contributed by atoms with Crippen LogP contribution >= 0.6 is 0 Å². The zero-order chi connectivity index (χ0) is 37.3. The standard InChI is InChI=1S/C38H41FN10O5/c1-54-32-19-31-24(22-48(45-31)35-20-40-33-3-2-12-41-49(33)35)17-28(32)37(52)42-25-6-4-23(5-7-25)21-46-13-15-47(16-14-46)26-8-9-27(29(39)18-26)36(51)43-30-10-11-34(50)44-38(30)53/h2-3,8-9,12,17-20,22-23,25,30H,4-7,10-11,13-16,21H2,1H3,(H,42,52)(H,43,51)(H,44,50,53). The van der Waals surface area contributed by atoms with E-state index in [1.165, 1.54) is 12.1 Å². The molecule has 16 heteroatoms. The number of rotatable bonds is 9. The van der Waals surface area contributed by atoms with Gasteiger partial charge in [0.2, 0.25) is 11.8 Å². The monoisotopic (exact) mass is 736 g/mol. The molecule has 8 rings (SSSR count). The van der Waals surface area contributed by atoms with Gasteiger partial charge >= 0.3 is 0 Å². The van der Waals surface area contributed by atoms with Crippen LogP contribution in [0.1, 0.15) is 59.2 Å². The highest BCUT2D eigenvalue weighted by Crippen LogP contribution is 2.30. The van der Waals surface area contributed by atoms with E-state index in [-0.39, 0.29) is 36.3 Å². The first-order valence-corrected chi connectivity index (χ1v) is 18.3. The number of halogens is 1. The van der Waals surface area contributed by atoms with Gasteiger partial charge in [-0.15, -0.1) is 0 Å². The van der Waals surface area contributed by atoms with Gasteiger partial charge in [0.15, 0.2) is 11.5 Å².